The number of H-pyrrole nitrogens is 1. The Kier molecular flexibility index (Phi) is 3.66. The molecule has 1 aromatic carbocycles. The smallest absolute Gasteiger partial charge is 0.263 e. The number of anilines is 1. The molecule has 0 radical (unpaired) electrons. The van der Waals surface area contributed by atoms with E-state index in [1.165, 1.54) is 0 Å². The first-order valence-corrected chi connectivity index (χ1v) is 8.73. The summed E-state index contributed by atoms with van der Waals surface area (Å²) in [5.74, 6) is 0.546. The van der Waals surface area contributed by atoms with Gasteiger partial charge in [-0.05, 0) is 39.8 Å². The molecular weight excluding hydrogens is 330 g/mol. The van der Waals surface area contributed by atoms with Gasteiger partial charge in [-0.2, -0.15) is 10.1 Å². The van der Waals surface area contributed by atoms with Gasteiger partial charge in [-0.25, -0.2) is 4.68 Å². The second-order valence-electron chi connectivity index (χ2n) is 8.00. The number of morpholine rings is 1. The van der Waals surface area contributed by atoms with Crippen molar-refractivity contribution in [1.82, 2.24) is 19.7 Å². The van der Waals surface area contributed by atoms with E-state index in [0.717, 1.165) is 5.69 Å². The van der Waals surface area contributed by atoms with Crippen molar-refractivity contribution in [2.75, 3.05) is 18.0 Å². The number of hydrogen-bond acceptors (Lipinski definition) is 5. The number of rotatable bonds is 2. The average Bonchev–Trinajstić information content (AvgIpc) is 2.97. The molecule has 136 valence electrons. The van der Waals surface area contributed by atoms with Crippen molar-refractivity contribution in [3.63, 3.8) is 0 Å². The maximum Gasteiger partial charge on any atom is 0.263 e. The van der Waals surface area contributed by atoms with Crippen LogP contribution < -0.4 is 10.5 Å². The Labute approximate surface area is 151 Å². The Balaban J connectivity index is 1.83. The van der Waals surface area contributed by atoms with Crippen molar-refractivity contribution >= 4 is 17.0 Å². The number of ether oxygens (including phenoxy) is 1. The van der Waals surface area contributed by atoms with Gasteiger partial charge in [-0.1, -0.05) is 18.2 Å². The third-order valence-corrected chi connectivity index (χ3v) is 4.42. The van der Waals surface area contributed by atoms with Gasteiger partial charge in [0.2, 0.25) is 5.95 Å². The van der Waals surface area contributed by atoms with E-state index in [2.05, 4.69) is 15.0 Å². The predicted octanol–water partition coefficient (Wildman–Crippen LogP) is 2.50. The highest BCUT2D eigenvalue weighted by Gasteiger charge is 2.39. The van der Waals surface area contributed by atoms with Crippen LogP contribution in [-0.2, 0) is 4.74 Å². The molecule has 0 saturated carbocycles. The molecule has 7 heteroatoms. The highest BCUT2D eigenvalue weighted by Crippen LogP contribution is 2.30. The Hall–Kier alpha value is -2.67. The first-order valence-electron chi connectivity index (χ1n) is 8.73. The zero-order chi connectivity index (χ0) is 18.5. The fraction of sp³-hybridized carbons (Fsp3) is 0.421. The second kappa shape index (κ2) is 5.67. The van der Waals surface area contributed by atoms with E-state index >= 15 is 0 Å². The molecule has 4 rings (SSSR count). The van der Waals surface area contributed by atoms with Gasteiger partial charge in [0, 0.05) is 13.1 Å². The highest BCUT2D eigenvalue weighted by atomic mass is 16.5. The standard InChI is InChI=1S/C19H23N5O2/c1-18(2)11-23(12-19(3,4)26-18)17-21-15-14(16(25)22-17)10-20-24(15)13-8-6-5-7-9-13/h5-10H,11-12H2,1-4H3,(H,21,22,25). The van der Waals surface area contributed by atoms with Gasteiger partial charge < -0.3 is 9.64 Å². The van der Waals surface area contributed by atoms with Crippen LogP contribution in [0.4, 0.5) is 5.95 Å². The fourth-order valence-corrected chi connectivity index (χ4v) is 3.75. The summed E-state index contributed by atoms with van der Waals surface area (Å²) in [6.07, 6.45) is 1.56. The van der Waals surface area contributed by atoms with E-state index < -0.39 is 0 Å². The number of aromatic amines is 1. The summed E-state index contributed by atoms with van der Waals surface area (Å²) < 4.78 is 7.83. The minimum Gasteiger partial charge on any atom is -0.366 e. The quantitative estimate of drug-likeness (QED) is 0.766. The Bertz CT molecular complexity index is 988. The van der Waals surface area contributed by atoms with Gasteiger partial charge >= 0.3 is 0 Å². The summed E-state index contributed by atoms with van der Waals surface area (Å²) in [5.41, 5.74) is 0.560. The average molecular weight is 353 g/mol. The molecule has 1 saturated heterocycles. The summed E-state index contributed by atoms with van der Waals surface area (Å²) in [6, 6.07) is 9.69. The van der Waals surface area contributed by atoms with Crippen LogP contribution in [0.2, 0.25) is 0 Å². The van der Waals surface area contributed by atoms with E-state index in [1.54, 1.807) is 10.9 Å². The van der Waals surface area contributed by atoms with Crippen molar-refractivity contribution < 1.29 is 4.74 Å². The lowest BCUT2D eigenvalue weighted by molar-refractivity contribution is -0.133. The number of aromatic nitrogens is 4. The van der Waals surface area contributed by atoms with Crippen molar-refractivity contribution in [3.05, 3.63) is 46.9 Å². The van der Waals surface area contributed by atoms with Crippen LogP contribution in [0.5, 0.6) is 0 Å². The normalized spacial score (nSPS) is 19.0. The summed E-state index contributed by atoms with van der Waals surface area (Å²) in [5, 5.41) is 4.84. The Morgan fingerprint density at radius 2 is 1.73 bits per heavy atom. The van der Waals surface area contributed by atoms with E-state index in [9.17, 15) is 4.79 Å². The highest BCUT2D eigenvalue weighted by molar-refractivity contribution is 5.76. The first kappa shape index (κ1) is 16.8. The van der Waals surface area contributed by atoms with Crippen LogP contribution >= 0.6 is 0 Å². The third kappa shape index (κ3) is 2.99. The van der Waals surface area contributed by atoms with Crippen LogP contribution in [0.25, 0.3) is 16.7 Å². The molecular formula is C19H23N5O2. The number of hydrogen-bond donors (Lipinski definition) is 1. The molecule has 1 aliphatic heterocycles. The van der Waals surface area contributed by atoms with Gasteiger partial charge in [0.05, 0.1) is 23.1 Å². The minimum absolute atomic E-state index is 0.186. The maximum absolute atomic E-state index is 12.6. The summed E-state index contributed by atoms with van der Waals surface area (Å²) in [4.78, 5) is 22.3. The largest absolute Gasteiger partial charge is 0.366 e. The molecule has 7 nitrogen and oxygen atoms in total. The Morgan fingerprint density at radius 1 is 1.08 bits per heavy atom. The molecule has 0 spiro atoms. The zero-order valence-electron chi connectivity index (χ0n) is 15.5. The summed E-state index contributed by atoms with van der Waals surface area (Å²) in [7, 11) is 0. The van der Waals surface area contributed by atoms with Crippen LogP contribution in [-0.4, -0.2) is 44.0 Å². The lowest BCUT2D eigenvalue weighted by Crippen LogP contribution is -2.57. The zero-order valence-corrected chi connectivity index (χ0v) is 15.5. The van der Waals surface area contributed by atoms with E-state index in [4.69, 9.17) is 9.72 Å². The second-order valence-corrected chi connectivity index (χ2v) is 8.00. The molecule has 2 aromatic heterocycles. The van der Waals surface area contributed by atoms with Gasteiger partial charge in [0.25, 0.3) is 5.56 Å². The fourth-order valence-electron chi connectivity index (χ4n) is 3.75. The first-order chi connectivity index (χ1) is 12.2. The molecule has 26 heavy (non-hydrogen) atoms. The lowest BCUT2D eigenvalue weighted by atomic mass is 9.99. The van der Waals surface area contributed by atoms with Crippen molar-refractivity contribution in [2.45, 2.75) is 38.9 Å². The molecule has 3 aromatic rings. The SMILES string of the molecule is CC1(C)CN(c2nc3c(cnn3-c3ccccc3)c(=O)[nH]2)CC(C)(C)O1. The number of nitrogens with one attached hydrogen (secondary N) is 1. The number of benzene rings is 1. The van der Waals surface area contributed by atoms with Crippen molar-refractivity contribution in [2.24, 2.45) is 0 Å². The van der Waals surface area contributed by atoms with E-state index in [1.807, 2.05) is 58.0 Å². The van der Waals surface area contributed by atoms with Gasteiger partial charge in [-0.15, -0.1) is 0 Å². The molecule has 1 fully saturated rings. The molecule has 0 amide bonds. The van der Waals surface area contributed by atoms with Crippen molar-refractivity contribution in [3.8, 4) is 5.69 Å². The predicted molar refractivity (Wildman–Crippen MR) is 101 cm³/mol. The third-order valence-electron chi connectivity index (χ3n) is 4.42. The van der Waals surface area contributed by atoms with E-state index in [0.29, 0.717) is 30.1 Å². The lowest BCUT2D eigenvalue weighted by Gasteiger charge is -2.47. The summed E-state index contributed by atoms with van der Waals surface area (Å²) >= 11 is 0. The minimum atomic E-state index is -0.338. The number of para-hydroxylation sites is 1. The van der Waals surface area contributed by atoms with Gasteiger partial charge in [0.15, 0.2) is 5.65 Å². The summed E-state index contributed by atoms with van der Waals surface area (Å²) in [6.45, 7) is 9.48. The topological polar surface area (TPSA) is 76.0 Å². The van der Waals surface area contributed by atoms with Gasteiger partial charge in [-0.3, -0.25) is 9.78 Å². The van der Waals surface area contributed by atoms with Crippen LogP contribution in [0.1, 0.15) is 27.7 Å². The van der Waals surface area contributed by atoms with Gasteiger partial charge in [0.1, 0.15) is 5.39 Å². The van der Waals surface area contributed by atoms with Crippen molar-refractivity contribution in [1.29, 1.82) is 0 Å². The van der Waals surface area contributed by atoms with Crippen LogP contribution in [0, 0.1) is 0 Å². The number of nitrogens with zero attached hydrogens (tertiary/aromatic N) is 4. The van der Waals surface area contributed by atoms with E-state index in [-0.39, 0.29) is 16.8 Å². The monoisotopic (exact) mass is 353 g/mol. The maximum atomic E-state index is 12.6. The Morgan fingerprint density at radius 3 is 2.38 bits per heavy atom. The molecule has 0 unspecified atom stereocenters. The molecule has 1 N–H and O–H groups in total. The molecule has 1 aliphatic rings. The number of fused-ring (bicyclic) bond motifs is 1. The molecule has 3 heterocycles. The molecule has 0 atom stereocenters. The van der Waals surface area contributed by atoms with Crippen LogP contribution in [0.3, 0.4) is 0 Å². The molecule has 0 aliphatic carbocycles. The van der Waals surface area contributed by atoms with Crippen LogP contribution in [0.15, 0.2) is 41.3 Å². The molecule has 0 bridgehead atoms.